The van der Waals surface area contributed by atoms with Crippen molar-refractivity contribution < 1.29 is 14.3 Å². The molecule has 2 saturated heterocycles. The van der Waals surface area contributed by atoms with E-state index in [-0.39, 0.29) is 5.91 Å². The summed E-state index contributed by atoms with van der Waals surface area (Å²) in [6.07, 6.45) is 3.98. The summed E-state index contributed by atoms with van der Waals surface area (Å²) in [6.45, 7) is 7.30. The molecule has 0 unspecified atom stereocenters. The van der Waals surface area contributed by atoms with Crippen molar-refractivity contribution in [3.8, 4) is 5.75 Å². The van der Waals surface area contributed by atoms with Crippen molar-refractivity contribution in [3.05, 3.63) is 59.7 Å². The first kappa shape index (κ1) is 20.9. The lowest BCUT2D eigenvalue weighted by Gasteiger charge is -2.36. The van der Waals surface area contributed by atoms with Crippen molar-refractivity contribution in [1.29, 1.82) is 0 Å². The molecule has 5 nitrogen and oxygen atoms in total. The third kappa shape index (κ3) is 4.85. The number of carbonyl (C=O) groups is 1. The monoisotopic (exact) mass is 408 g/mol. The van der Waals surface area contributed by atoms with Gasteiger partial charge < -0.3 is 14.8 Å². The van der Waals surface area contributed by atoms with Crippen LogP contribution < -0.4 is 10.1 Å². The largest absolute Gasteiger partial charge is 0.492 e. The Morgan fingerprint density at radius 3 is 2.53 bits per heavy atom. The van der Waals surface area contributed by atoms with Gasteiger partial charge in [0, 0.05) is 25.4 Å². The van der Waals surface area contributed by atoms with Crippen molar-refractivity contribution in [3.63, 3.8) is 0 Å². The van der Waals surface area contributed by atoms with Gasteiger partial charge in [0.1, 0.15) is 12.4 Å². The van der Waals surface area contributed by atoms with Crippen LogP contribution >= 0.6 is 0 Å². The van der Waals surface area contributed by atoms with E-state index in [4.69, 9.17) is 9.47 Å². The van der Waals surface area contributed by atoms with Crippen LogP contribution in [0.2, 0.25) is 0 Å². The number of rotatable bonds is 7. The van der Waals surface area contributed by atoms with Gasteiger partial charge in [-0.3, -0.25) is 9.69 Å². The van der Waals surface area contributed by atoms with Crippen molar-refractivity contribution in [2.45, 2.75) is 38.0 Å². The summed E-state index contributed by atoms with van der Waals surface area (Å²) in [5.74, 6) is 0.880. The topological polar surface area (TPSA) is 50.8 Å². The Balaban J connectivity index is 1.39. The Kier molecular flexibility index (Phi) is 6.70. The van der Waals surface area contributed by atoms with Crippen LogP contribution in [0.1, 0.15) is 36.8 Å². The molecule has 4 rings (SSSR count). The highest BCUT2D eigenvalue weighted by molar-refractivity contribution is 5.99. The highest BCUT2D eigenvalue weighted by atomic mass is 16.5. The van der Waals surface area contributed by atoms with Crippen LogP contribution in [0.4, 0.5) is 5.69 Å². The number of hydrogen-bond acceptors (Lipinski definition) is 4. The maximum Gasteiger partial charge on any atom is 0.235 e. The Morgan fingerprint density at radius 1 is 1.10 bits per heavy atom. The smallest absolute Gasteiger partial charge is 0.235 e. The quantitative estimate of drug-likeness (QED) is 0.748. The van der Waals surface area contributed by atoms with Gasteiger partial charge in [-0.05, 0) is 75.5 Å². The summed E-state index contributed by atoms with van der Waals surface area (Å²) in [6, 6.07) is 16.0. The number of ether oxygens (including phenoxy) is 2. The van der Waals surface area contributed by atoms with E-state index in [1.807, 2.05) is 30.3 Å². The minimum Gasteiger partial charge on any atom is -0.492 e. The number of benzene rings is 2. The second-order valence-electron chi connectivity index (χ2n) is 8.44. The fraction of sp³-hybridized carbons (Fsp3) is 0.480. The molecule has 1 amide bonds. The zero-order valence-electron chi connectivity index (χ0n) is 17.9. The van der Waals surface area contributed by atoms with Crippen molar-refractivity contribution in [1.82, 2.24) is 4.90 Å². The van der Waals surface area contributed by atoms with E-state index >= 15 is 0 Å². The third-order valence-corrected chi connectivity index (χ3v) is 6.34. The van der Waals surface area contributed by atoms with Gasteiger partial charge in [0.05, 0.1) is 5.41 Å². The SMILES string of the molecule is Cc1cccc(C2(C(=O)Nc3ccc(OCCN4CCCC4)cc3)CCOCC2)c1. The van der Waals surface area contributed by atoms with Crippen LogP contribution in [0.25, 0.3) is 0 Å². The molecule has 2 aliphatic rings. The Bertz CT molecular complexity index is 838. The predicted molar refractivity (Wildman–Crippen MR) is 119 cm³/mol. The zero-order valence-corrected chi connectivity index (χ0v) is 17.9. The summed E-state index contributed by atoms with van der Waals surface area (Å²) in [5, 5.41) is 3.14. The third-order valence-electron chi connectivity index (χ3n) is 6.34. The first-order valence-corrected chi connectivity index (χ1v) is 11.1. The summed E-state index contributed by atoms with van der Waals surface area (Å²) in [5.41, 5.74) is 2.49. The van der Waals surface area contributed by atoms with E-state index in [1.54, 1.807) is 0 Å². The maximum absolute atomic E-state index is 13.4. The minimum absolute atomic E-state index is 0.0408. The molecule has 1 N–H and O–H groups in total. The number of likely N-dealkylation sites (tertiary alicyclic amines) is 1. The van der Waals surface area contributed by atoms with E-state index < -0.39 is 5.41 Å². The Labute approximate surface area is 179 Å². The lowest BCUT2D eigenvalue weighted by Crippen LogP contribution is -2.44. The molecule has 0 aliphatic carbocycles. The zero-order chi connectivity index (χ0) is 20.8. The highest BCUT2D eigenvalue weighted by Crippen LogP contribution is 2.36. The molecule has 2 heterocycles. The van der Waals surface area contributed by atoms with Crippen LogP contribution in [-0.4, -0.2) is 50.3 Å². The first-order valence-electron chi connectivity index (χ1n) is 11.1. The fourth-order valence-corrected chi connectivity index (χ4v) is 4.49. The summed E-state index contributed by atoms with van der Waals surface area (Å²) in [7, 11) is 0. The number of carbonyl (C=O) groups excluding carboxylic acids is 1. The predicted octanol–water partition coefficient (Wildman–Crippen LogP) is 4.16. The van der Waals surface area contributed by atoms with Gasteiger partial charge in [0.15, 0.2) is 0 Å². The Morgan fingerprint density at radius 2 is 1.83 bits per heavy atom. The van der Waals surface area contributed by atoms with E-state index in [2.05, 4.69) is 35.3 Å². The molecule has 2 aromatic rings. The number of anilines is 1. The second kappa shape index (κ2) is 9.63. The van der Waals surface area contributed by atoms with Gasteiger partial charge in [-0.15, -0.1) is 0 Å². The first-order chi connectivity index (χ1) is 14.7. The summed E-state index contributed by atoms with van der Waals surface area (Å²) < 4.78 is 11.4. The maximum atomic E-state index is 13.4. The molecule has 160 valence electrons. The van der Waals surface area contributed by atoms with Crippen LogP contribution in [0.15, 0.2) is 48.5 Å². The lowest BCUT2D eigenvalue weighted by molar-refractivity contribution is -0.125. The van der Waals surface area contributed by atoms with Crippen LogP contribution in [0, 0.1) is 6.92 Å². The van der Waals surface area contributed by atoms with Crippen LogP contribution in [-0.2, 0) is 14.9 Å². The molecular formula is C25H32N2O3. The van der Waals surface area contributed by atoms with E-state index in [0.717, 1.165) is 23.5 Å². The Hall–Kier alpha value is -2.37. The van der Waals surface area contributed by atoms with E-state index in [0.29, 0.717) is 32.7 Å². The average molecular weight is 409 g/mol. The van der Waals surface area contributed by atoms with Gasteiger partial charge in [-0.2, -0.15) is 0 Å². The molecule has 0 saturated carbocycles. The fourth-order valence-electron chi connectivity index (χ4n) is 4.49. The number of nitrogens with zero attached hydrogens (tertiary/aromatic N) is 1. The molecule has 2 aromatic carbocycles. The number of nitrogens with one attached hydrogen (secondary N) is 1. The van der Waals surface area contributed by atoms with E-state index in [1.165, 1.54) is 31.5 Å². The molecular weight excluding hydrogens is 376 g/mol. The van der Waals surface area contributed by atoms with Gasteiger partial charge in [0.25, 0.3) is 0 Å². The number of amides is 1. The number of hydrogen-bond donors (Lipinski definition) is 1. The van der Waals surface area contributed by atoms with Crippen LogP contribution in [0.3, 0.4) is 0 Å². The molecule has 2 aliphatic heterocycles. The summed E-state index contributed by atoms with van der Waals surface area (Å²) >= 11 is 0. The van der Waals surface area contributed by atoms with E-state index in [9.17, 15) is 4.79 Å². The molecule has 0 aromatic heterocycles. The molecule has 5 heteroatoms. The normalized spacial score (nSPS) is 18.8. The van der Waals surface area contributed by atoms with Crippen LogP contribution in [0.5, 0.6) is 5.75 Å². The molecule has 30 heavy (non-hydrogen) atoms. The van der Waals surface area contributed by atoms with Gasteiger partial charge in [-0.25, -0.2) is 0 Å². The molecule has 0 bridgehead atoms. The molecule has 0 spiro atoms. The minimum atomic E-state index is -0.546. The van der Waals surface area contributed by atoms with Crippen molar-refractivity contribution in [2.75, 3.05) is 44.8 Å². The van der Waals surface area contributed by atoms with Crippen molar-refractivity contribution >= 4 is 11.6 Å². The van der Waals surface area contributed by atoms with Gasteiger partial charge in [-0.1, -0.05) is 29.8 Å². The highest BCUT2D eigenvalue weighted by Gasteiger charge is 2.41. The van der Waals surface area contributed by atoms with Crippen molar-refractivity contribution in [2.24, 2.45) is 0 Å². The van der Waals surface area contributed by atoms with Gasteiger partial charge in [0.2, 0.25) is 5.91 Å². The molecule has 0 radical (unpaired) electrons. The average Bonchev–Trinajstić information content (AvgIpc) is 3.29. The standard InChI is InChI=1S/C25H32N2O3/c1-20-5-4-6-21(19-20)25(11-16-29-17-12-25)24(28)26-22-7-9-23(10-8-22)30-18-15-27-13-2-3-14-27/h4-10,19H,2-3,11-18H2,1H3,(H,26,28). The molecule has 0 atom stereocenters. The second-order valence-corrected chi connectivity index (χ2v) is 8.44. The lowest BCUT2D eigenvalue weighted by atomic mass is 9.73. The van der Waals surface area contributed by atoms with Gasteiger partial charge >= 0.3 is 0 Å². The molecule has 2 fully saturated rings. The summed E-state index contributed by atoms with van der Waals surface area (Å²) in [4.78, 5) is 15.8. The number of aryl methyl sites for hydroxylation is 1.